The van der Waals surface area contributed by atoms with Crippen molar-refractivity contribution in [1.82, 2.24) is 19.4 Å². The monoisotopic (exact) mass is 587 g/mol. The van der Waals surface area contributed by atoms with Crippen molar-refractivity contribution >= 4 is 43.1 Å². The van der Waals surface area contributed by atoms with E-state index in [2.05, 4.69) is 32.6 Å². The van der Waals surface area contributed by atoms with Gasteiger partial charge < -0.3 is 19.2 Å². The first-order valence-corrected chi connectivity index (χ1v) is 15.2. The Kier molecular flexibility index (Phi) is 6.99. The Bertz CT molecular complexity index is 2070. The van der Waals surface area contributed by atoms with E-state index in [0.717, 1.165) is 37.5 Å². The first-order chi connectivity index (χ1) is 20.0. The van der Waals surface area contributed by atoms with Crippen LogP contribution in [-0.2, 0) is 10.2 Å². The van der Waals surface area contributed by atoms with Crippen molar-refractivity contribution in [3.05, 3.63) is 64.6 Å². The molecule has 1 aliphatic heterocycles. The Labute approximate surface area is 242 Å². The molecule has 0 bridgehead atoms. The maximum Gasteiger partial charge on any atom is 0.333 e. The Morgan fingerprint density at radius 3 is 2.60 bits per heavy atom. The fourth-order valence-electron chi connectivity index (χ4n) is 5.80. The fourth-order valence-corrected chi connectivity index (χ4v) is 6.26. The van der Waals surface area contributed by atoms with Gasteiger partial charge in [0.15, 0.2) is 5.43 Å². The summed E-state index contributed by atoms with van der Waals surface area (Å²) in [5, 5.41) is 11.2. The molecule has 4 heterocycles. The zero-order chi connectivity index (χ0) is 29.8. The summed E-state index contributed by atoms with van der Waals surface area (Å²) < 4.78 is 45.8. The van der Waals surface area contributed by atoms with Crippen LogP contribution in [0.25, 0.3) is 44.0 Å². The number of aromatic nitrogens is 3. The van der Waals surface area contributed by atoms with Gasteiger partial charge in [-0.15, -0.1) is 3.89 Å². The molecule has 0 aliphatic carbocycles. The number of benzene rings is 2. The van der Waals surface area contributed by atoms with Crippen molar-refractivity contribution < 1.29 is 17.0 Å². The van der Waals surface area contributed by atoms with Crippen molar-refractivity contribution in [2.24, 2.45) is 5.92 Å². The molecule has 3 aromatic heterocycles. The van der Waals surface area contributed by atoms with Gasteiger partial charge in [-0.3, -0.25) is 9.78 Å². The number of hydrogen-bond donors (Lipinski definition) is 1. The van der Waals surface area contributed by atoms with E-state index in [-0.39, 0.29) is 17.4 Å². The van der Waals surface area contributed by atoms with E-state index in [4.69, 9.17) is 4.74 Å². The molecule has 1 aliphatic rings. The Hall–Kier alpha value is -4.27. The molecule has 0 radical (unpaired) electrons. The molecular weight excluding hydrogens is 557 g/mol. The Balaban J connectivity index is 1.72. The second-order valence-electron chi connectivity index (χ2n) is 11.4. The quantitative estimate of drug-likeness (QED) is 0.259. The van der Waals surface area contributed by atoms with Crippen LogP contribution in [0.3, 0.4) is 0 Å². The SMILES string of the molecule is CC(C)COc1cc2c(=O)c3c4ccc(C#N)cc4[nH]c3n(C3CCN(C)CC3)c2cc1-c1cncc(S(=O)(=O)F)c1. The van der Waals surface area contributed by atoms with Crippen molar-refractivity contribution in [2.75, 3.05) is 26.7 Å². The number of piperidine rings is 1. The van der Waals surface area contributed by atoms with E-state index in [1.807, 2.05) is 19.9 Å². The maximum atomic E-state index is 14.2. The molecule has 0 unspecified atom stereocenters. The molecule has 9 nitrogen and oxygen atoms in total. The number of pyridine rings is 2. The number of H-pyrrole nitrogens is 1. The summed E-state index contributed by atoms with van der Waals surface area (Å²) in [6.45, 7) is 6.10. The number of nitriles is 1. The number of nitrogens with zero attached hydrogens (tertiary/aromatic N) is 4. The van der Waals surface area contributed by atoms with Crippen molar-refractivity contribution in [2.45, 2.75) is 37.6 Å². The minimum Gasteiger partial charge on any atom is -0.493 e. The molecule has 0 amide bonds. The number of fused-ring (bicyclic) bond motifs is 4. The molecule has 5 aromatic rings. The number of aromatic amines is 1. The Morgan fingerprint density at radius 2 is 1.90 bits per heavy atom. The van der Waals surface area contributed by atoms with Gasteiger partial charge in [0, 0.05) is 40.5 Å². The smallest absolute Gasteiger partial charge is 0.333 e. The highest BCUT2D eigenvalue weighted by Crippen LogP contribution is 2.39. The highest BCUT2D eigenvalue weighted by molar-refractivity contribution is 7.86. The standard InChI is InChI=1S/C31H30FN5O4S/c1-18(2)17-41-28-13-25-27(12-24(28)20-11-22(16-34-15-20)42(32,39)40)37(21-6-8-36(3)9-7-21)31-29(30(25)38)23-5-4-19(14-33)10-26(23)35-31/h4-5,10-13,15-16,18,21,35H,6-9,17H2,1-3H3. The lowest BCUT2D eigenvalue weighted by Crippen LogP contribution is -2.32. The zero-order valence-corrected chi connectivity index (χ0v) is 24.3. The Morgan fingerprint density at radius 1 is 1.14 bits per heavy atom. The van der Waals surface area contributed by atoms with E-state index in [9.17, 15) is 22.4 Å². The second-order valence-corrected chi connectivity index (χ2v) is 12.7. The normalized spacial score (nSPS) is 15.1. The van der Waals surface area contributed by atoms with Crippen LogP contribution >= 0.6 is 0 Å². The van der Waals surface area contributed by atoms with Crippen LogP contribution in [0.4, 0.5) is 3.89 Å². The molecule has 0 atom stereocenters. The number of halogens is 1. The highest BCUT2D eigenvalue weighted by atomic mass is 32.3. The predicted molar refractivity (Wildman–Crippen MR) is 160 cm³/mol. The summed E-state index contributed by atoms with van der Waals surface area (Å²) in [7, 11) is -2.91. The summed E-state index contributed by atoms with van der Waals surface area (Å²) in [6.07, 6.45) is 4.12. The van der Waals surface area contributed by atoms with Crippen LogP contribution in [0.15, 0.2) is 58.5 Å². The third kappa shape index (κ3) is 4.91. The zero-order valence-electron chi connectivity index (χ0n) is 23.5. The van der Waals surface area contributed by atoms with Crippen molar-refractivity contribution in [3.63, 3.8) is 0 Å². The lowest BCUT2D eigenvalue weighted by molar-refractivity contribution is 0.226. The number of ether oxygens (including phenoxy) is 1. The third-order valence-corrected chi connectivity index (χ3v) is 8.70. The van der Waals surface area contributed by atoms with Gasteiger partial charge >= 0.3 is 10.2 Å². The molecule has 1 saturated heterocycles. The topological polar surface area (TPSA) is 121 Å². The summed E-state index contributed by atoms with van der Waals surface area (Å²) >= 11 is 0. The summed E-state index contributed by atoms with van der Waals surface area (Å²) in [4.78, 5) is 23.4. The number of rotatable bonds is 6. The number of hydrogen-bond acceptors (Lipinski definition) is 7. The molecule has 0 saturated carbocycles. The lowest BCUT2D eigenvalue weighted by Gasteiger charge is -2.32. The van der Waals surface area contributed by atoms with E-state index in [1.54, 1.807) is 24.3 Å². The van der Waals surface area contributed by atoms with Gasteiger partial charge in [-0.2, -0.15) is 13.7 Å². The molecule has 11 heteroatoms. The average molecular weight is 588 g/mol. The van der Waals surface area contributed by atoms with Gasteiger partial charge in [0.25, 0.3) is 0 Å². The predicted octanol–water partition coefficient (Wildman–Crippen LogP) is 5.53. The fraction of sp³-hybridized carbons (Fsp3) is 0.323. The van der Waals surface area contributed by atoms with E-state index in [0.29, 0.717) is 56.5 Å². The maximum absolute atomic E-state index is 14.2. The lowest BCUT2D eigenvalue weighted by atomic mass is 9.99. The highest BCUT2D eigenvalue weighted by Gasteiger charge is 2.26. The molecule has 2 aromatic carbocycles. The van der Waals surface area contributed by atoms with Crippen LogP contribution in [0.1, 0.15) is 38.3 Å². The van der Waals surface area contributed by atoms with Gasteiger partial charge in [-0.05, 0) is 69.2 Å². The number of nitrogens with one attached hydrogen (secondary N) is 1. The molecular formula is C31H30FN5O4S. The average Bonchev–Trinajstić information content (AvgIpc) is 3.35. The molecule has 0 spiro atoms. The van der Waals surface area contributed by atoms with Gasteiger partial charge in [0.1, 0.15) is 16.3 Å². The molecule has 216 valence electrons. The molecule has 42 heavy (non-hydrogen) atoms. The van der Waals surface area contributed by atoms with Crippen molar-refractivity contribution in [1.29, 1.82) is 5.26 Å². The molecule has 1 fully saturated rings. The van der Waals surface area contributed by atoms with Gasteiger partial charge in [-0.1, -0.05) is 19.9 Å². The van der Waals surface area contributed by atoms with Crippen LogP contribution in [0.5, 0.6) is 5.75 Å². The van der Waals surface area contributed by atoms with Gasteiger partial charge in [0.2, 0.25) is 0 Å². The van der Waals surface area contributed by atoms with Crippen LogP contribution in [0.2, 0.25) is 0 Å². The third-order valence-electron chi connectivity index (χ3n) is 7.91. The van der Waals surface area contributed by atoms with Gasteiger partial charge in [-0.25, -0.2) is 0 Å². The first-order valence-electron chi connectivity index (χ1n) is 13.8. The van der Waals surface area contributed by atoms with E-state index in [1.165, 1.54) is 12.3 Å². The summed E-state index contributed by atoms with van der Waals surface area (Å²) in [6, 6.07) is 12.2. The minimum atomic E-state index is -4.99. The second kappa shape index (κ2) is 10.5. The van der Waals surface area contributed by atoms with E-state index < -0.39 is 15.1 Å². The van der Waals surface area contributed by atoms with E-state index >= 15 is 0 Å². The summed E-state index contributed by atoms with van der Waals surface area (Å²) in [5.41, 5.74) is 3.16. The largest absolute Gasteiger partial charge is 0.493 e. The minimum absolute atomic E-state index is 0.0567. The van der Waals surface area contributed by atoms with Crippen LogP contribution in [0, 0.1) is 17.2 Å². The summed E-state index contributed by atoms with van der Waals surface area (Å²) in [5.74, 6) is 0.551. The first kappa shape index (κ1) is 27.9. The van der Waals surface area contributed by atoms with Crippen molar-refractivity contribution in [3.8, 4) is 22.9 Å². The number of likely N-dealkylation sites (tertiary alicyclic amines) is 1. The van der Waals surface area contributed by atoms with Gasteiger partial charge in [0.05, 0.1) is 34.5 Å². The molecule has 1 N–H and O–H groups in total. The molecule has 6 rings (SSSR count). The van der Waals surface area contributed by atoms with Crippen LogP contribution < -0.4 is 10.2 Å². The van der Waals surface area contributed by atoms with Crippen LogP contribution in [-0.4, -0.2) is 54.6 Å².